The highest BCUT2D eigenvalue weighted by Crippen LogP contribution is 2.25. The van der Waals surface area contributed by atoms with Crippen molar-refractivity contribution < 1.29 is 14.3 Å². The number of aromatic amines is 1. The number of aromatic nitrogens is 2. The zero-order chi connectivity index (χ0) is 23.8. The zero-order valence-electron chi connectivity index (χ0n) is 18.9. The number of nitrogens with zero attached hydrogens (tertiary/aromatic N) is 2. The molecular weight excluding hydrogens is 434 g/mol. The monoisotopic (exact) mass is 465 g/mol. The molecule has 0 aromatic carbocycles. The molecule has 32 heavy (non-hydrogen) atoms. The van der Waals surface area contributed by atoms with Crippen LogP contribution in [0.2, 0.25) is 0 Å². The number of amides is 1. The van der Waals surface area contributed by atoms with Crippen LogP contribution >= 0.6 is 11.3 Å². The molecule has 1 amide bonds. The van der Waals surface area contributed by atoms with E-state index in [2.05, 4.69) is 10.3 Å². The Morgan fingerprint density at radius 2 is 2.03 bits per heavy atom. The molecule has 0 fully saturated rings. The van der Waals surface area contributed by atoms with E-state index in [-0.39, 0.29) is 36.1 Å². The first-order valence-electron chi connectivity index (χ1n) is 10.6. The molecule has 2 aromatic rings. The Labute approximate surface area is 190 Å². The quantitative estimate of drug-likeness (QED) is 0.432. The van der Waals surface area contributed by atoms with E-state index in [0.717, 1.165) is 12.8 Å². The maximum absolute atomic E-state index is 12.8. The fraction of sp³-hybridized carbons (Fsp3) is 0.524. The number of carbonyl (C=O) groups is 2. The molecule has 0 aliphatic heterocycles. The number of H-pyrrole nitrogens is 1. The van der Waals surface area contributed by atoms with E-state index in [9.17, 15) is 19.2 Å². The van der Waals surface area contributed by atoms with Gasteiger partial charge in [0.2, 0.25) is 5.91 Å². The van der Waals surface area contributed by atoms with Gasteiger partial charge in [-0.05, 0) is 30.7 Å². The second kappa shape index (κ2) is 11.5. The van der Waals surface area contributed by atoms with Gasteiger partial charge in [-0.25, -0.2) is 9.59 Å². The van der Waals surface area contributed by atoms with E-state index < -0.39 is 23.1 Å². The molecule has 0 saturated carbocycles. The minimum absolute atomic E-state index is 0.0315. The molecular formula is C21H31N5O5S. The number of hydrogen-bond acceptors (Lipinski definition) is 8. The van der Waals surface area contributed by atoms with Gasteiger partial charge < -0.3 is 20.7 Å². The highest BCUT2D eigenvalue weighted by Gasteiger charge is 2.23. The smallest absolute Gasteiger partial charge is 0.341 e. The van der Waals surface area contributed by atoms with Crippen LogP contribution in [0, 0.1) is 5.92 Å². The lowest BCUT2D eigenvalue weighted by Gasteiger charge is -2.27. The predicted molar refractivity (Wildman–Crippen MR) is 127 cm³/mol. The summed E-state index contributed by atoms with van der Waals surface area (Å²) in [7, 11) is 0. The van der Waals surface area contributed by atoms with Crippen molar-refractivity contribution in [3.8, 4) is 0 Å². The largest absolute Gasteiger partial charge is 0.462 e. The van der Waals surface area contributed by atoms with Gasteiger partial charge in [0.1, 0.15) is 16.5 Å². The Bertz CT molecular complexity index is 1060. The number of hydrogen-bond donors (Lipinski definition) is 3. The van der Waals surface area contributed by atoms with Gasteiger partial charge in [0, 0.05) is 13.1 Å². The summed E-state index contributed by atoms with van der Waals surface area (Å²) in [4.78, 5) is 53.7. The molecule has 0 unspecified atom stereocenters. The highest BCUT2D eigenvalue weighted by atomic mass is 32.1. The van der Waals surface area contributed by atoms with Gasteiger partial charge >= 0.3 is 11.7 Å². The van der Waals surface area contributed by atoms with E-state index >= 15 is 0 Å². The maximum Gasteiger partial charge on any atom is 0.341 e. The minimum Gasteiger partial charge on any atom is -0.462 e. The summed E-state index contributed by atoms with van der Waals surface area (Å²) < 4.78 is 6.33. The second-order valence-corrected chi connectivity index (χ2v) is 8.62. The molecule has 0 radical (unpaired) electrons. The Balaban J connectivity index is 2.33. The summed E-state index contributed by atoms with van der Waals surface area (Å²) in [6, 6.07) is 1.58. The molecule has 0 aliphatic carbocycles. The van der Waals surface area contributed by atoms with Crippen LogP contribution in [0.5, 0.6) is 0 Å². The van der Waals surface area contributed by atoms with Gasteiger partial charge in [-0.3, -0.25) is 19.1 Å². The third kappa shape index (κ3) is 6.22. The van der Waals surface area contributed by atoms with Crippen LogP contribution < -0.4 is 27.2 Å². The first-order chi connectivity index (χ1) is 15.2. The van der Waals surface area contributed by atoms with Crippen molar-refractivity contribution in [1.82, 2.24) is 9.55 Å². The molecule has 176 valence electrons. The van der Waals surface area contributed by atoms with E-state index in [1.807, 2.05) is 20.8 Å². The molecule has 11 heteroatoms. The van der Waals surface area contributed by atoms with Crippen molar-refractivity contribution >= 4 is 39.7 Å². The third-order valence-electron chi connectivity index (χ3n) is 4.60. The molecule has 4 N–H and O–H groups in total. The first kappa shape index (κ1) is 25.2. The van der Waals surface area contributed by atoms with Gasteiger partial charge in [0.15, 0.2) is 0 Å². The number of unbranched alkanes of at least 4 members (excludes halogenated alkanes) is 1. The molecule has 0 bridgehead atoms. The first-order valence-corrected chi connectivity index (χ1v) is 11.5. The summed E-state index contributed by atoms with van der Waals surface area (Å²) in [6.45, 7) is 8.35. The van der Waals surface area contributed by atoms with Crippen molar-refractivity contribution in [2.45, 2.75) is 47.1 Å². The SMILES string of the molecule is CCCCn1c(N)c(N(CC(=O)Nc2sccc2C(=O)OCC)CC(C)C)c(=O)[nH]c1=O. The molecule has 2 heterocycles. The van der Waals surface area contributed by atoms with E-state index in [0.29, 0.717) is 18.1 Å². The van der Waals surface area contributed by atoms with Crippen LogP contribution in [0.25, 0.3) is 0 Å². The average Bonchev–Trinajstić information content (AvgIpc) is 3.15. The van der Waals surface area contributed by atoms with Crippen LogP contribution in [0.1, 0.15) is 50.9 Å². The lowest BCUT2D eigenvalue weighted by Crippen LogP contribution is -2.43. The Kier molecular flexibility index (Phi) is 9.06. The molecule has 2 aromatic heterocycles. The number of thiophene rings is 1. The number of anilines is 3. The molecule has 0 spiro atoms. The van der Waals surface area contributed by atoms with Crippen molar-refractivity contribution in [1.29, 1.82) is 0 Å². The average molecular weight is 466 g/mol. The topological polar surface area (TPSA) is 140 Å². The minimum atomic E-state index is -0.642. The normalized spacial score (nSPS) is 10.9. The molecule has 2 rings (SSSR count). The van der Waals surface area contributed by atoms with Crippen LogP contribution in [0.3, 0.4) is 0 Å². The van der Waals surface area contributed by atoms with E-state index in [4.69, 9.17) is 10.5 Å². The lowest BCUT2D eigenvalue weighted by atomic mass is 10.2. The number of carbonyl (C=O) groups excluding carboxylic acids is 2. The lowest BCUT2D eigenvalue weighted by molar-refractivity contribution is -0.115. The Morgan fingerprint density at radius 1 is 1.31 bits per heavy atom. The van der Waals surface area contributed by atoms with Crippen molar-refractivity contribution in [3.63, 3.8) is 0 Å². The zero-order valence-corrected chi connectivity index (χ0v) is 19.7. The van der Waals surface area contributed by atoms with Gasteiger partial charge in [-0.15, -0.1) is 11.3 Å². The number of nitrogen functional groups attached to an aromatic ring is 1. The number of nitrogens with two attached hydrogens (primary N) is 1. The van der Waals surface area contributed by atoms with E-state index in [1.54, 1.807) is 23.3 Å². The number of ether oxygens (including phenoxy) is 1. The number of nitrogens with one attached hydrogen (secondary N) is 2. The summed E-state index contributed by atoms with van der Waals surface area (Å²) in [5.74, 6) is -0.811. The number of esters is 1. The summed E-state index contributed by atoms with van der Waals surface area (Å²) in [5.41, 5.74) is 5.36. The second-order valence-electron chi connectivity index (χ2n) is 7.70. The van der Waals surface area contributed by atoms with Gasteiger partial charge in [-0.1, -0.05) is 27.2 Å². The van der Waals surface area contributed by atoms with Crippen LogP contribution in [-0.2, 0) is 16.1 Å². The van der Waals surface area contributed by atoms with Gasteiger partial charge in [0.05, 0.1) is 18.7 Å². The van der Waals surface area contributed by atoms with Gasteiger partial charge in [-0.2, -0.15) is 0 Å². The number of rotatable bonds is 11. The van der Waals surface area contributed by atoms with Crippen LogP contribution in [0.4, 0.5) is 16.5 Å². The fourth-order valence-electron chi connectivity index (χ4n) is 3.21. The Morgan fingerprint density at radius 3 is 2.66 bits per heavy atom. The maximum atomic E-state index is 12.8. The summed E-state index contributed by atoms with van der Waals surface area (Å²) in [6.07, 6.45) is 1.57. The molecule has 0 saturated heterocycles. The summed E-state index contributed by atoms with van der Waals surface area (Å²) in [5, 5.41) is 4.77. The highest BCUT2D eigenvalue weighted by molar-refractivity contribution is 7.14. The van der Waals surface area contributed by atoms with E-state index in [1.165, 1.54) is 15.9 Å². The van der Waals surface area contributed by atoms with Gasteiger partial charge in [0.25, 0.3) is 5.56 Å². The fourth-order valence-corrected chi connectivity index (χ4v) is 4.00. The summed E-state index contributed by atoms with van der Waals surface area (Å²) >= 11 is 1.20. The van der Waals surface area contributed by atoms with Crippen LogP contribution in [-0.4, -0.2) is 41.1 Å². The van der Waals surface area contributed by atoms with Crippen molar-refractivity contribution in [2.24, 2.45) is 5.92 Å². The van der Waals surface area contributed by atoms with Crippen molar-refractivity contribution in [2.75, 3.05) is 35.6 Å². The van der Waals surface area contributed by atoms with Crippen LogP contribution in [0.15, 0.2) is 21.0 Å². The molecule has 0 atom stereocenters. The molecule has 10 nitrogen and oxygen atoms in total. The Hall–Kier alpha value is -3.08. The van der Waals surface area contributed by atoms with Crippen molar-refractivity contribution in [3.05, 3.63) is 37.8 Å². The third-order valence-corrected chi connectivity index (χ3v) is 5.43. The standard InChI is InChI=1S/C21H31N5O5S/c1-5-7-9-26-17(22)16(18(28)24-21(26)30)25(11-13(3)4)12-15(27)23-19-14(8-10-32-19)20(29)31-6-2/h8,10,13H,5-7,9,11-12,22H2,1-4H3,(H,23,27)(H,24,28,30). The predicted octanol–water partition coefficient (Wildman–Crippen LogP) is 2.26. The molecule has 0 aliphatic rings.